The molecule has 1 N–H and O–H groups in total. The molecule has 4 rings (SSSR count). The summed E-state index contributed by atoms with van der Waals surface area (Å²) in [5, 5.41) is 12.9. The third kappa shape index (κ3) is 14.8. The van der Waals surface area contributed by atoms with Gasteiger partial charge in [-0.1, -0.05) is 95.8 Å². The Balaban J connectivity index is 0.000000845. The largest absolute Gasteiger partial charge is 4.00 e. The number of rotatable bonds is 8. The van der Waals surface area contributed by atoms with Crippen molar-refractivity contribution >= 4 is 11.4 Å². The van der Waals surface area contributed by atoms with Crippen molar-refractivity contribution in [3.63, 3.8) is 0 Å². The maximum atomic E-state index is 4.75. The molecule has 1 aliphatic carbocycles. The summed E-state index contributed by atoms with van der Waals surface area (Å²) in [6.45, 7) is 19.9. The van der Waals surface area contributed by atoms with Gasteiger partial charge >= 0.3 is 26.2 Å². The van der Waals surface area contributed by atoms with Crippen molar-refractivity contribution in [2.45, 2.75) is 73.6 Å². The number of benzene rings is 3. The van der Waals surface area contributed by atoms with E-state index in [4.69, 9.17) is 10.6 Å². The van der Waals surface area contributed by atoms with Crippen molar-refractivity contribution < 1.29 is 26.2 Å². The average Bonchev–Trinajstić information content (AvgIpc) is 3.42. The van der Waals surface area contributed by atoms with Crippen molar-refractivity contribution in [3.05, 3.63) is 119 Å². The van der Waals surface area contributed by atoms with Crippen molar-refractivity contribution in [3.8, 4) is 0 Å². The van der Waals surface area contributed by atoms with Gasteiger partial charge in [0, 0.05) is 0 Å². The molecule has 0 aliphatic heterocycles. The number of hydrogen-bond acceptors (Lipinski definition) is 1. The van der Waals surface area contributed by atoms with Gasteiger partial charge in [-0.2, -0.15) is 24.6 Å². The number of nitrogens with one attached hydrogen (secondary N) is 1. The van der Waals surface area contributed by atoms with Crippen LogP contribution in [0.25, 0.3) is 10.6 Å². The van der Waals surface area contributed by atoms with Gasteiger partial charge in [0.1, 0.15) is 0 Å². The maximum absolute atomic E-state index is 4.75. The molecule has 0 atom stereocenters. The first-order valence-corrected chi connectivity index (χ1v) is 13.9. The third-order valence-corrected chi connectivity index (χ3v) is 6.48. The maximum Gasteiger partial charge on any atom is 4.00 e. The van der Waals surface area contributed by atoms with Gasteiger partial charge in [-0.3, -0.25) is 0 Å². The number of hydrogen-bond donors (Lipinski definition) is 1. The fraction of sp³-hybridized carbons (Fsp3) is 0.429. The number of aryl methyl sites for hydroxylation is 6. The molecule has 0 aromatic heterocycles. The minimum Gasteiger partial charge on any atom is -0.683 e. The summed E-state index contributed by atoms with van der Waals surface area (Å²) in [6.07, 6.45) is 7.50. The van der Waals surface area contributed by atoms with Crippen molar-refractivity contribution in [1.29, 1.82) is 0 Å². The normalized spacial score (nSPS) is 11.5. The zero-order chi connectivity index (χ0) is 27.0. The first-order chi connectivity index (χ1) is 17.8. The summed E-state index contributed by atoms with van der Waals surface area (Å²) >= 11 is 0. The summed E-state index contributed by atoms with van der Waals surface area (Å²) in [5.74, 6) is 0. The van der Waals surface area contributed by atoms with Gasteiger partial charge < -0.3 is 23.4 Å². The summed E-state index contributed by atoms with van der Waals surface area (Å²) in [4.78, 5) is 0. The van der Waals surface area contributed by atoms with Crippen molar-refractivity contribution in [1.82, 2.24) is 5.32 Å². The second kappa shape index (κ2) is 20.8. The van der Waals surface area contributed by atoms with Crippen molar-refractivity contribution in [2.75, 3.05) is 26.2 Å². The Morgan fingerprint density at radius 3 is 1.23 bits per heavy atom. The van der Waals surface area contributed by atoms with Crippen LogP contribution in [0.4, 0.5) is 11.4 Å². The second-order valence-corrected chi connectivity index (χ2v) is 10.3. The van der Waals surface area contributed by atoms with Crippen LogP contribution in [0.3, 0.4) is 0 Å². The minimum absolute atomic E-state index is 0. The first kappa shape index (κ1) is 37.0. The molecule has 4 heteroatoms. The summed E-state index contributed by atoms with van der Waals surface area (Å²) in [5.41, 5.74) is 11.0. The molecule has 0 saturated heterocycles. The van der Waals surface area contributed by atoms with Gasteiger partial charge in [0.05, 0.1) is 0 Å². The van der Waals surface area contributed by atoms with Crippen LogP contribution < -0.4 is 5.32 Å². The Kier molecular flexibility index (Phi) is 19.7. The Labute approximate surface area is 260 Å². The van der Waals surface area contributed by atoms with Crippen LogP contribution in [-0.2, 0) is 26.2 Å². The zero-order valence-corrected chi connectivity index (χ0v) is 28.1. The van der Waals surface area contributed by atoms with Gasteiger partial charge in [0.2, 0.25) is 0 Å². The topological polar surface area (TPSA) is 40.2 Å². The van der Waals surface area contributed by atoms with Gasteiger partial charge in [0.15, 0.2) is 0 Å². The van der Waals surface area contributed by atoms with Gasteiger partial charge in [0.25, 0.3) is 0 Å². The predicted molar refractivity (Wildman–Crippen MR) is 170 cm³/mol. The molecule has 3 nitrogen and oxygen atoms in total. The van der Waals surface area contributed by atoms with Crippen LogP contribution in [-0.4, -0.2) is 26.2 Å². The SMILES string of the molecule is C1CCCC1.Cc1cc(C)c([N-]CCNCC[N-]c2c(C)cc(C)cc2C)c(C)c1.[CH2-]c1ccccc1.[CH3-].[Zr+4]. The first-order valence-electron chi connectivity index (χ1n) is 13.9. The van der Waals surface area contributed by atoms with E-state index in [1.807, 2.05) is 30.3 Å². The van der Waals surface area contributed by atoms with E-state index in [1.165, 1.54) is 65.5 Å². The summed E-state index contributed by atoms with van der Waals surface area (Å²) in [6, 6.07) is 18.7. The molecule has 39 heavy (non-hydrogen) atoms. The quantitative estimate of drug-likeness (QED) is 0.202. The van der Waals surface area contributed by atoms with Gasteiger partial charge in [-0.15, -0.1) is 36.6 Å². The molecule has 0 radical (unpaired) electrons. The Bertz CT molecular complexity index is 944. The minimum atomic E-state index is 0. The smallest absolute Gasteiger partial charge is 0.683 e. The van der Waals surface area contributed by atoms with Crippen molar-refractivity contribution in [2.24, 2.45) is 0 Å². The van der Waals surface area contributed by atoms with Crippen LogP contribution in [0, 0.1) is 55.9 Å². The van der Waals surface area contributed by atoms with Gasteiger partial charge in [-0.05, 0) is 54.6 Å². The van der Waals surface area contributed by atoms with E-state index in [2.05, 4.69) is 78.0 Å². The average molecular weight is 605 g/mol. The van der Waals surface area contributed by atoms with E-state index in [1.54, 1.807) is 0 Å². The zero-order valence-electron chi connectivity index (χ0n) is 25.7. The molecule has 1 fully saturated rings. The van der Waals surface area contributed by atoms with Gasteiger partial charge in [-0.25, -0.2) is 0 Å². The van der Waals surface area contributed by atoms with E-state index in [0.717, 1.165) is 43.1 Å². The van der Waals surface area contributed by atoms with E-state index < -0.39 is 0 Å². The fourth-order valence-electron chi connectivity index (χ4n) is 4.82. The summed E-state index contributed by atoms with van der Waals surface area (Å²) < 4.78 is 0. The Morgan fingerprint density at radius 2 is 0.949 bits per heavy atom. The molecule has 0 amide bonds. The van der Waals surface area contributed by atoms with E-state index in [9.17, 15) is 0 Å². The van der Waals surface area contributed by atoms with Crippen LogP contribution in [0.15, 0.2) is 54.6 Å². The van der Waals surface area contributed by atoms with E-state index in [-0.39, 0.29) is 33.6 Å². The third-order valence-electron chi connectivity index (χ3n) is 6.48. The molecule has 0 spiro atoms. The molecular formula is C35H51N3Zr. The Hall–Kier alpha value is -2.03. The second-order valence-electron chi connectivity index (χ2n) is 10.3. The molecule has 1 aliphatic rings. The van der Waals surface area contributed by atoms with Crippen LogP contribution in [0.1, 0.15) is 71.0 Å². The van der Waals surface area contributed by atoms with Crippen LogP contribution in [0.5, 0.6) is 0 Å². The monoisotopic (exact) mass is 603 g/mol. The molecule has 1 saturated carbocycles. The van der Waals surface area contributed by atoms with Crippen LogP contribution >= 0.6 is 0 Å². The molecule has 3 aromatic carbocycles. The number of nitrogens with zero attached hydrogens (tertiary/aromatic N) is 2. The summed E-state index contributed by atoms with van der Waals surface area (Å²) in [7, 11) is 0. The Morgan fingerprint density at radius 1 is 0.615 bits per heavy atom. The molecule has 3 aromatic rings. The van der Waals surface area contributed by atoms with E-state index in [0.29, 0.717) is 0 Å². The molecule has 0 bridgehead atoms. The molecular weight excluding hydrogens is 554 g/mol. The van der Waals surface area contributed by atoms with E-state index >= 15 is 0 Å². The predicted octanol–water partition coefficient (Wildman–Crippen LogP) is 10.1. The molecule has 210 valence electrons. The molecule has 0 heterocycles. The van der Waals surface area contributed by atoms with Crippen LogP contribution in [0.2, 0.25) is 0 Å². The fourth-order valence-corrected chi connectivity index (χ4v) is 4.82. The standard InChI is InChI=1S/C22H31N3.C7H7.C5H10.CH3.Zr/c1-15-11-17(3)21(18(4)12-15)24-9-7-23-8-10-25-22-19(5)13-16(2)14-20(22)6;1-7-5-3-2-4-6-7;1-2-4-5-3-1;;/h11-14,23H,7-10H2,1-6H3;2-6H,1H2;1-5H2;1H3;/q-2;-1;;-1;+4. The molecule has 0 unspecified atom stereocenters.